The van der Waals surface area contributed by atoms with Gasteiger partial charge in [-0.05, 0) is 144 Å². The molecule has 8 aromatic rings. The zero-order chi connectivity index (χ0) is 41.0. The Labute approximate surface area is 341 Å². The molecule has 4 nitrogen and oxygen atoms in total. The van der Waals surface area contributed by atoms with Crippen molar-refractivity contribution in [1.82, 2.24) is 0 Å². The Bertz CT molecular complexity index is 3430. The molecule has 0 unspecified atom stereocenters. The average Bonchev–Trinajstić information content (AvgIpc) is 3.24. The molecule has 0 radical (unpaired) electrons. The maximum Gasteiger partial charge on any atom is 0.300 e. The first kappa shape index (κ1) is 36.3. The van der Waals surface area contributed by atoms with Crippen molar-refractivity contribution in [3.05, 3.63) is 178 Å². The van der Waals surface area contributed by atoms with E-state index in [1.807, 2.05) is 91.0 Å². The van der Waals surface area contributed by atoms with Gasteiger partial charge in [0.1, 0.15) is 5.75 Å². The molecule has 11 rings (SSSR count). The van der Waals surface area contributed by atoms with E-state index >= 15 is 17.6 Å². The van der Waals surface area contributed by atoms with Gasteiger partial charge in [0.25, 0.3) is 0 Å². The standard InChI is InChI=1S/C51H30F4O4S/c52-45-47(54)51(60(56,57)58)48(55)46(53)50(45)59-49-40(37-23-33-16-4-9-28-10-5-17-34(24-37)43(28)33)25-36(35-21-31-14-2-7-27-8-3-15-32(22-35)42(27)31)26-41(49)38-20-19-30-12-1-11-29-13-6-18-39(38)44(29)30/h1-7,9,11-12,14-26H,8,10,13H2,(H,56,57,58). The van der Waals surface area contributed by atoms with Crippen LogP contribution >= 0.6 is 0 Å². The zero-order valence-electron chi connectivity index (χ0n) is 31.5. The summed E-state index contributed by atoms with van der Waals surface area (Å²) in [6.07, 6.45) is 14.5. The highest BCUT2D eigenvalue weighted by atomic mass is 32.2. The Morgan fingerprint density at radius 1 is 0.483 bits per heavy atom. The molecule has 0 heterocycles. The largest absolute Gasteiger partial charge is 0.450 e. The molecule has 0 amide bonds. The van der Waals surface area contributed by atoms with Crippen molar-refractivity contribution in [3.8, 4) is 44.9 Å². The lowest BCUT2D eigenvalue weighted by Crippen LogP contribution is -2.11. The lowest BCUT2D eigenvalue weighted by molar-refractivity contribution is 0.347. The molecular weight excluding hydrogens is 785 g/mol. The Morgan fingerprint density at radius 3 is 1.62 bits per heavy atom. The second-order valence-corrected chi connectivity index (χ2v) is 16.8. The van der Waals surface area contributed by atoms with Gasteiger partial charge >= 0.3 is 10.1 Å². The first-order valence-corrected chi connectivity index (χ1v) is 20.8. The van der Waals surface area contributed by atoms with Crippen LogP contribution in [-0.2, 0) is 29.4 Å². The van der Waals surface area contributed by atoms with Crippen LogP contribution < -0.4 is 4.74 Å². The van der Waals surface area contributed by atoms with Gasteiger partial charge in [-0.15, -0.1) is 0 Å². The van der Waals surface area contributed by atoms with E-state index in [0.717, 1.165) is 84.1 Å². The van der Waals surface area contributed by atoms with E-state index in [0.29, 0.717) is 28.7 Å². The minimum Gasteiger partial charge on any atom is -0.450 e. The van der Waals surface area contributed by atoms with Crippen LogP contribution in [0.5, 0.6) is 11.5 Å². The number of ether oxygens (including phenoxy) is 1. The number of hydrogen-bond donors (Lipinski definition) is 1. The van der Waals surface area contributed by atoms with Gasteiger partial charge in [0.2, 0.25) is 17.4 Å². The van der Waals surface area contributed by atoms with Gasteiger partial charge < -0.3 is 4.74 Å². The third-order valence-electron chi connectivity index (χ3n) is 11.9. The van der Waals surface area contributed by atoms with Crippen LogP contribution in [0.25, 0.3) is 83.9 Å². The molecular formula is C51H30F4O4S. The summed E-state index contributed by atoms with van der Waals surface area (Å²) in [6, 6.07) is 33.9. The summed E-state index contributed by atoms with van der Waals surface area (Å²) in [5, 5.41) is 6.09. The molecule has 0 saturated carbocycles. The first-order valence-electron chi connectivity index (χ1n) is 19.4. The number of benzene rings is 8. The SMILES string of the molecule is O=S(=O)(O)c1c(F)c(F)c(Oc2c(-c3cc4c5c(cccc5c3)CC=C4)cc(-c3cc4c5c(cccc5c3)CC=C4)cc2-c2ccc3cccc4c3c2C=CC4)c(F)c1F. The van der Waals surface area contributed by atoms with E-state index in [4.69, 9.17) is 4.74 Å². The number of hydrogen-bond acceptors (Lipinski definition) is 3. The Kier molecular flexibility index (Phi) is 8.08. The van der Waals surface area contributed by atoms with Crippen molar-refractivity contribution in [2.75, 3.05) is 0 Å². The highest BCUT2D eigenvalue weighted by Crippen LogP contribution is 2.50. The Balaban J connectivity index is 1.27. The lowest BCUT2D eigenvalue weighted by Gasteiger charge is -2.24. The van der Waals surface area contributed by atoms with E-state index < -0.39 is 44.0 Å². The van der Waals surface area contributed by atoms with Crippen LogP contribution in [0, 0.1) is 23.3 Å². The molecule has 1 N–H and O–H groups in total. The molecule has 3 aliphatic rings. The van der Waals surface area contributed by atoms with Crippen LogP contribution in [0.4, 0.5) is 17.6 Å². The molecule has 0 atom stereocenters. The number of halogens is 4. The van der Waals surface area contributed by atoms with Crippen molar-refractivity contribution >= 4 is 60.7 Å². The monoisotopic (exact) mass is 814 g/mol. The van der Waals surface area contributed by atoms with E-state index in [9.17, 15) is 13.0 Å². The predicted octanol–water partition coefficient (Wildman–Crippen LogP) is 13.5. The van der Waals surface area contributed by atoms with E-state index in [-0.39, 0.29) is 5.75 Å². The summed E-state index contributed by atoms with van der Waals surface area (Å²) >= 11 is 0. The maximum absolute atomic E-state index is 16.1. The van der Waals surface area contributed by atoms with Gasteiger partial charge in [0, 0.05) is 11.1 Å². The lowest BCUT2D eigenvalue weighted by atomic mass is 9.83. The van der Waals surface area contributed by atoms with Gasteiger partial charge in [0.05, 0.1) is 0 Å². The van der Waals surface area contributed by atoms with Gasteiger partial charge in [0.15, 0.2) is 16.5 Å². The molecule has 0 bridgehead atoms. The topological polar surface area (TPSA) is 63.6 Å². The molecule has 8 aromatic carbocycles. The number of allylic oxidation sites excluding steroid dienone is 3. The van der Waals surface area contributed by atoms with Gasteiger partial charge in [-0.25, -0.2) is 8.78 Å². The van der Waals surface area contributed by atoms with Crippen molar-refractivity contribution < 1.29 is 35.3 Å². The molecule has 0 saturated heterocycles. The van der Waals surface area contributed by atoms with Crippen molar-refractivity contribution in [1.29, 1.82) is 0 Å². The van der Waals surface area contributed by atoms with E-state index in [2.05, 4.69) is 48.6 Å². The minimum atomic E-state index is -5.72. The molecule has 60 heavy (non-hydrogen) atoms. The quantitative estimate of drug-likeness (QED) is 0.103. The maximum atomic E-state index is 16.1. The van der Waals surface area contributed by atoms with Gasteiger partial charge in [-0.3, -0.25) is 4.55 Å². The Hall–Kier alpha value is -6.81. The highest BCUT2D eigenvalue weighted by molar-refractivity contribution is 7.85. The van der Waals surface area contributed by atoms with Crippen LogP contribution in [0.15, 0.2) is 126 Å². The molecule has 0 fully saturated rings. The molecule has 0 aromatic heterocycles. The minimum absolute atomic E-state index is 0.131. The van der Waals surface area contributed by atoms with Crippen LogP contribution in [0.3, 0.4) is 0 Å². The predicted molar refractivity (Wildman–Crippen MR) is 230 cm³/mol. The van der Waals surface area contributed by atoms with Crippen molar-refractivity contribution in [2.45, 2.75) is 24.2 Å². The molecule has 0 aliphatic heterocycles. The fourth-order valence-electron chi connectivity index (χ4n) is 9.33. The summed E-state index contributed by atoms with van der Waals surface area (Å²) in [5.41, 5.74) is 9.64. The first-order chi connectivity index (χ1) is 29.0. The molecule has 0 spiro atoms. The fourth-order valence-corrected chi connectivity index (χ4v) is 9.96. The fraction of sp³-hybridized carbons (Fsp3) is 0.0588. The van der Waals surface area contributed by atoms with Crippen LogP contribution in [0.2, 0.25) is 0 Å². The molecule has 3 aliphatic carbocycles. The second kappa shape index (κ2) is 13.4. The normalized spacial score (nSPS) is 13.8. The third-order valence-corrected chi connectivity index (χ3v) is 12.8. The third kappa shape index (κ3) is 5.57. The van der Waals surface area contributed by atoms with Crippen molar-refractivity contribution in [3.63, 3.8) is 0 Å². The Morgan fingerprint density at radius 2 is 1.00 bits per heavy atom. The summed E-state index contributed by atoms with van der Waals surface area (Å²) < 4.78 is 103. The van der Waals surface area contributed by atoms with Crippen molar-refractivity contribution in [2.24, 2.45) is 0 Å². The van der Waals surface area contributed by atoms with Crippen LogP contribution in [-0.4, -0.2) is 13.0 Å². The summed E-state index contributed by atoms with van der Waals surface area (Å²) in [5.74, 6) is -10.5. The zero-order valence-corrected chi connectivity index (χ0v) is 32.3. The van der Waals surface area contributed by atoms with Gasteiger partial charge in [-0.2, -0.15) is 17.2 Å². The average molecular weight is 815 g/mol. The highest BCUT2D eigenvalue weighted by Gasteiger charge is 2.35. The van der Waals surface area contributed by atoms with Crippen LogP contribution in [0.1, 0.15) is 33.4 Å². The molecule has 292 valence electrons. The molecule has 9 heteroatoms. The van der Waals surface area contributed by atoms with E-state index in [1.54, 1.807) is 0 Å². The van der Waals surface area contributed by atoms with Gasteiger partial charge in [-0.1, -0.05) is 103 Å². The summed E-state index contributed by atoms with van der Waals surface area (Å²) in [7, 11) is -5.72. The smallest absolute Gasteiger partial charge is 0.300 e. The number of rotatable bonds is 6. The second-order valence-electron chi connectivity index (χ2n) is 15.4. The summed E-state index contributed by atoms with van der Waals surface area (Å²) in [4.78, 5) is -2.15. The summed E-state index contributed by atoms with van der Waals surface area (Å²) in [6.45, 7) is 0. The van der Waals surface area contributed by atoms with E-state index in [1.165, 1.54) is 5.56 Å².